The first-order valence-corrected chi connectivity index (χ1v) is 4.93. The predicted octanol–water partition coefficient (Wildman–Crippen LogP) is 2.87. The molecule has 1 heterocycles. The first-order valence-electron chi connectivity index (χ1n) is 2.91. The second-order valence-corrected chi connectivity index (χ2v) is 3.60. The third kappa shape index (κ3) is 1.73. The zero-order valence-electron chi connectivity index (χ0n) is 5.89. The third-order valence-electron chi connectivity index (χ3n) is 1.20. The van der Waals surface area contributed by atoms with Gasteiger partial charge in [-0.05, 0) is 41.2 Å². The van der Waals surface area contributed by atoms with Gasteiger partial charge in [-0.15, -0.1) is 11.8 Å². The molecule has 0 amide bonds. The van der Waals surface area contributed by atoms with Gasteiger partial charge in [0, 0.05) is 4.47 Å². The molecule has 3 heteroatoms. The van der Waals surface area contributed by atoms with Crippen LogP contribution >= 0.6 is 27.7 Å². The Kier molecular flexibility index (Phi) is 2.74. The molecule has 0 atom stereocenters. The molecule has 0 radical (unpaired) electrons. The van der Waals surface area contributed by atoms with Gasteiger partial charge < -0.3 is 0 Å². The van der Waals surface area contributed by atoms with Crippen LogP contribution in [0, 0.1) is 6.92 Å². The Labute approximate surface area is 73.4 Å². The van der Waals surface area contributed by atoms with E-state index in [-0.39, 0.29) is 0 Å². The molecular formula is C7H8BrNS. The average Bonchev–Trinajstić information content (AvgIpc) is 1.95. The first kappa shape index (κ1) is 8.08. The minimum Gasteiger partial charge on any atom is -0.246 e. The van der Waals surface area contributed by atoms with Gasteiger partial charge in [-0.3, -0.25) is 0 Å². The second-order valence-electron chi connectivity index (χ2n) is 1.92. The molecule has 10 heavy (non-hydrogen) atoms. The smallest absolute Gasteiger partial charge is 0.0961 e. The van der Waals surface area contributed by atoms with Gasteiger partial charge in [0.25, 0.3) is 0 Å². The molecule has 1 aromatic heterocycles. The molecule has 0 aliphatic carbocycles. The van der Waals surface area contributed by atoms with E-state index in [1.54, 1.807) is 11.8 Å². The fraction of sp³-hybridized carbons (Fsp3) is 0.286. The average molecular weight is 218 g/mol. The van der Waals surface area contributed by atoms with Gasteiger partial charge >= 0.3 is 0 Å². The van der Waals surface area contributed by atoms with Gasteiger partial charge in [-0.25, -0.2) is 4.98 Å². The molecular weight excluding hydrogens is 210 g/mol. The molecule has 0 aliphatic rings. The van der Waals surface area contributed by atoms with E-state index in [9.17, 15) is 0 Å². The molecule has 0 spiro atoms. The maximum Gasteiger partial charge on any atom is 0.0961 e. The second kappa shape index (κ2) is 3.39. The highest BCUT2D eigenvalue weighted by atomic mass is 79.9. The summed E-state index contributed by atoms with van der Waals surface area (Å²) in [5, 5.41) is 1.07. The van der Waals surface area contributed by atoms with Crippen molar-refractivity contribution in [3.05, 3.63) is 22.3 Å². The van der Waals surface area contributed by atoms with Crippen molar-refractivity contribution in [1.82, 2.24) is 4.98 Å². The molecule has 0 aliphatic heterocycles. The quantitative estimate of drug-likeness (QED) is 0.672. The standard InChI is InChI=1S/C7H8BrNS/c1-5-6(8)3-4-7(9-5)10-2/h3-4H,1-2H3. The van der Waals surface area contributed by atoms with Crippen LogP contribution in [0.4, 0.5) is 0 Å². The summed E-state index contributed by atoms with van der Waals surface area (Å²) in [5.74, 6) is 0. The lowest BCUT2D eigenvalue weighted by Crippen LogP contribution is -1.83. The highest BCUT2D eigenvalue weighted by molar-refractivity contribution is 9.10. The summed E-state index contributed by atoms with van der Waals surface area (Å²) < 4.78 is 1.07. The van der Waals surface area contributed by atoms with Crippen molar-refractivity contribution in [2.24, 2.45) is 0 Å². The van der Waals surface area contributed by atoms with Crippen LogP contribution in [0.15, 0.2) is 21.6 Å². The van der Waals surface area contributed by atoms with Gasteiger partial charge in [0.15, 0.2) is 0 Å². The zero-order chi connectivity index (χ0) is 7.56. The molecule has 54 valence electrons. The van der Waals surface area contributed by atoms with Crippen LogP contribution in [-0.2, 0) is 0 Å². The zero-order valence-corrected chi connectivity index (χ0v) is 8.29. The lowest BCUT2D eigenvalue weighted by Gasteiger charge is -1.98. The van der Waals surface area contributed by atoms with Gasteiger partial charge in [-0.1, -0.05) is 0 Å². The van der Waals surface area contributed by atoms with E-state index in [0.717, 1.165) is 15.2 Å². The van der Waals surface area contributed by atoms with Crippen LogP contribution in [0.25, 0.3) is 0 Å². The van der Waals surface area contributed by atoms with Crippen LogP contribution in [-0.4, -0.2) is 11.2 Å². The van der Waals surface area contributed by atoms with Crippen LogP contribution in [0.2, 0.25) is 0 Å². The van der Waals surface area contributed by atoms with Crippen molar-refractivity contribution >= 4 is 27.7 Å². The lowest BCUT2D eigenvalue weighted by atomic mass is 10.4. The van der Waals surface area contributed by atoms with Gasteiger partial charge in [0.1, 0.15) is 0 Å². The van der Waals surface area contributed by atoms with E-state index in [2.05, 4.69) is 20.9 Å². The molecule has 0 unspecified atom stereocenters. The van der Waals surface area contributed by atoms with Crippen molar-refractivity contribution in [3.8, 4) is 0 Å². The number of pyridine rings is 1. The topological polar surface area (TPSA) is 12.9 Å². The number of rotatable bonds is 1. The van der Waals surface area contributed by atoms with Crippen LogP contribution in [0.1, 0.15) is 5.69 Å². The van der Waals surface area contributed by atoms with Crippen molar-refractivity contribution in [1.29, 1.82) is 0 Å². The SMILES string of the molecule is CSc1ccc(Br)c(C)n1. The maximum absolute atomic E-state index is 4.31. The normalized spacial score (nSPS) is 9.90. The Balaban J connectivity index is 3.04. The van der Waals surface area contributed by atoms with E-state index in [1.807, 2.05) is 25.3 Å². The van der Waals surface area contributed by atoms with E-state index in [4.69, 9.17) is 0 Å². The van der Waals surface area contributed by atoms with Crippen molar-refractivity contribution in [2.45, 2.75) is 11.9 Å². The predicted molar refractivity (Wildman–Crippen MR) is 48.5 cm³/mol. The number of thioether (sulfide) groups is 1. The van der Waals surface area contributed by atoms with E-state index >= 15 is 0 Å². The molecule has 0 saturated carbocycles. The van der Waals surface area contributed by atoms with E-state index in [1.165, 1.54) is 0 Å². The van der Waals surface area contributed by atoms with Crippen LogP contribution < -0.4 is 0 Å². The number of hydrogen-bond donors (Lipinski definition) is 0. The summed E-state index contributed by atoms with van der Waals surface area (Å²) in [6, 6.07) is 4.02. The van der Waals surface area contributed by atoms with Crippen molar-refractivity contribution in [2.75, 3.05) is 6.26 Å². The highest BCUT2D eigenvalue weighted by Crippen LogP contribution is 2.18. The van der Waals surface area contributed by atoms with Crippen molar-refractivity contribution in [3.63, 3.8) is 0 Å². The Hall–Kier alpha value is -0.0200. The Morgan fingerprint density at radius 3 is 2.70 bits per heavy atom. The molecule has 0 fully saturated rings. The van der Waals surface area contributed by atoms with Gasteiger partial charge in [-0.2, -0.15) is 0 Å². The fourth-order valence-corrected chi connectivity index (χ4v) is 1.29. The Morgan fingerprint density at radius 2 is 2.20 bits per heavy atom. The van der Waals surface area contributed by atoms with E-state index < -0.39 is 0 Å². The van der Waals surface area contributed by atoms with Crippen LogP contribution in [0.5, 0.6) is 0 Å². The highest BCUT2D eigenvalue weighted by Gasteiger charge is 1.95. The molecule has 1 nitrogen and oxygen atoms in total. The fourth-order valence-electron chi connectivity index (χ4n) is 0.635. The maximum atomic E-state index is 4.31. The van der Waals surface area contributed by atoms with Gasteiger partial charge in [0.2, 0.25) is 0 Å². The summed E-state index contributed by atoms with van der Waals surface area (Å²) in [6.07, 6.45) is 2.02. The van der Waals surface area contributed by atoms with Crippen LogP contribution in [0.3, 0.4) is 0 Å². The number of nitrogens with zero attached hydrogens (tertiary/aromatic N) is 1. The lowest BCUT2D eigenvalue weighted by molar-refractivity contribution is 1.05. The minimum atomic E-state index is 1.05. The summed E-state index contributed by atoms with van der Waals surface area (Å²) in [6.45, 7) is 1.99. The number of aryl methyl sites for hydroxylation is 1. The van der Waals surface area contributed by atoms with Crippen molar-refractivity contribution < 1.29 is 0 Å². The molecule has 0 N–H and O–H groups in total. The Bertz CT molecular complexity index is 237. The Morgan fingerprint density at radius 1 is 1.50 bits per heavy atom. The van der Waals surface area contributed by atoms with E-state index in [0.29, 0.717) is 0 Å². The molecule has 1 rings (SSSR count). The number of aromatic nitrogens is 1. The third-order valence-corrected chi connectivity index (χ3v) is 2.69. The molecule has 0 bridgehead atoms. The monoisotopic (exact) mass is 217 g/mol. The summed E-state index contributed by atoms with van der Waals surface area (Å²) in [7, 11) is 0. The van der Waals surface area contributed by atoms with Gasteiger partial charge in [0.05, 0.1) is 10.7 Å². The molecule has 1 aromatic rings. The first-order chi connectivity index (χ1) is 4.74. The summed E-state index contributed by atoms with van der Waals surface area (Å²) in [4.78, 5) is 4.31. The number of halogens is 1. The summed E-state index contributed by atoms with van der Waals surface area (Å²) >= 11 is 5.05. The largest absolute Gasteiger partial charge is 0.246 e. The molecule has 0 aromatic carbocycles. The molecule has 0 saturated heterocycles. The minimum absolute atomic E-state index is 1.05. The summed E-state index contributed by atoms with van der Waals surface area (Å²) in [5.41, 5.74) is 1.05. The number of hydrogen-bond acceptors (Lipinski definition) is 2.